The van der Waals surface area contributed by atoms with Gasteiger partial charge >= 0.3 is 5.97 Å². The van der Waals surface area contributed by atoms with Crippen LogP contribution >= 0.6 is 0 Å². The van der Waals surface area contributed by atoms with E-state index in [1.54, 1.807) is 4.90 Å². The van der Waals surface area contributed by atoms with Gasteiger partial charge in [-0.2, -0.15) is 0 Å². The first-order chi connectivity index (χ1) is 12.5. The molecule has 2 N–H and O–H groups in total. The summed E-state index contributed by atoms with van der Waals surface area (Å²) >= 11 is 0. The van der Waals surface area contributed by atoms with Crippen LogP contribution in [-0.4, -0.2) is 60.0 Å². The Hall–Kier alpha value is -2.57. The largest absolute Gasteiger partial charge is 0.480 e. The standard InChI is InChI=1S/C19H27N3O4/c1-2-6-16(19(25)26)20-17(23)9-10-18(24)22-13-11-21(12-14-22)15-7-4-3-5-8-15/h3-5,7-8,16H,2,6,9-14H2,1H3,(H,20,23)(H,25,26). The SMILES string of the molecule is CCCC(NC(=O)CCC(=O)N1CCN(c2ccccc2)CC1)C(=O)O. The Morgan fingerprint density at radius 1 is 1.08 bits per heavy atom. The van der Waals surface area contributed by atoms with E-state index in [4.69, 9.17) is 5.11 Å². The number of benzene rings is 1. The quantitative estimate of drug-likeness (QED) is 0.732. The number of para-hydroxylation sites is 1. The summed E-state index contributed by atoms with van der Waals surface area (Å²) in [6, 6.07) is 9.19. The molecular formula is C19H27N3O4. The van der Waals surface area contributed by atoms with Gasteiger partial charge in [-0.3, -0.25) is 9.59 Å². The molecule has 0 spiro atoms. The molecule has 1 unspecified atom stereocenters. The highest BCUT2D eigenvalue weighted by Gasteiger charge is 2.23. The third kappa shape index (κ3) is 5.75. The van der Waals surface area contributed by atoms with Crippen LogP contribution in [0.5, 0.6) is 0 Å². The summed E-state index contributed by atoms with van der Waals surface area (Å²) in [7, 11) is 0. The number of nitrogens with zero attached hydrogens (tertiary/aromatic N) is 2. The molecule has 1 aromatic carbocycles. The van der Waals surface area contributed by atoms with E-state index in [2.05, 4.69) is 22.3 Å². The fourth-order valence-electron chi connectivity index (χ4n) is 3.04. The predicted molar refractivity (Wildman–Crippen MR) is 98.9 cm³/mol. The third-order valence-electron chi connectivity index (χ3n) is 4.53. The second-order valence-electron chi connectivity index (χ2n) is 6.45. The molecule has 0 aromatic heterocycles. The molecule has 2 amide bonds. The lowest BCUT2D eigenvalue weighted by Crippen LogP contribution is -2.49. The zero-order valence-corrected chi connectivity index (χ0v) is 15.2. The van der Waals surface area contributed by atoms with Crippen molar-refractivity contribution >= 4 is 23.5 Å². The average Bonchev–Trinajstić information content (AvgIpc) is 2.66. The van der Waals surface area contributed by atoms with Crippen LogP contribution < -0.4 is 10.2 Å². The number of carbonyl (C=O) groups excluding carboxylic acids is 2. The van der Waals surface area contributed by atoms with Gasteiger partial charge in [-0.15, -0.1) is 0 Å². The first kappa shape index (κ1) is 19.8. The van der Waals surface area contributed by atoms with Crippen molar-refractivity contribution in [1.82, 2.24) is 10.2 Å². The molecule has 7 nitrogen and oxygen atoms in total. The molecule has 0 bridgehead atoms. The molecule has 0 aliphatic carbocycles. The number of carbonyl (C=O) groups is 3. The Morgan fingerprint density at radius 3 is 2.31 bits per heavy atom. The van der Waals surface area contributed by atoms with Gasteiger partial charge in [0, 0.05) is 44.7 Å². The number of anilines is 1. The van der Waals surface area contributed by atoms with E-state index < -0.39 is 12.0 Å². The van der Waals surface area contributed by atoms with Crippen molar-refractivity contribution in [3.8, 4) is 0 Å². The van der Waals surface area contributed by atoms with Gasteiger partial charge in [0.05, 0.1) is 0 Å². The number of amides is 2. The highest BCUT2D eigenvalue weighted by molar-refractivity contribution is 5.87. The normalized spacial score (nSPS) is 15.4. The fourth-order valence-corrected chi connectivity index (χ4v) is 3.04. The maximum absolute atomic E-state index is 12.3. The zero-order chi connectivity index (χ0) is 18.9. The van der Waals surface area contributed by atoms with Crippen molar-refractivity contribution in [2.75, 3.05) is 31.1 Å². The molecule has 1 aliphatic rings. The van der Waals surface area contributed by atoms with Gasteiger partial charge in [0.1, 0.15) is 6.04 Å². The minimum Gasteiger partial charge on any atom is -0.480 e. The number of rotatable bonds is 8. The van der Waals surface area contributed by atoms with Gasteiger partial charge in [0.2, 0.25) is 11.8 Å². The Bertz CT molecular complexity index is 612. The average molecular weight is 361 g/mol. The molecular weight excluding hydrogens is 334 g/mol. The summed E-state index contributed by atoms with van der Waals surface area (Å²) in [5, 5.41) is 11.5. The third-order valence-corrected chi connectivity index (χ3v) is 4.53. The van der Waals surface area contributed by atoms with Crippen LogP contribution in [0.1, 0.15) is 32.6 Å². The lowest BCUT2D eigenvalue weighted by atomic mass is 10.1. The van der Waals surface area contributed by atoms with Crippen LogP contribution in [-0.2, 0) is 14.4 Å². The van der Waals surface area contributed by atoms with Crippen LogP contribution in [0.15, 0.2) is 30.3 Å². The minimum atomic E-state index is -1.04. The maximum Gasteiger partial charge on any atom is 0.326 e. The Kier molecular flexibility index (Phi) is 7.44. The van der Waals surface area contributed by atoms with Crippen molar-refractivity contribution in [3.05, 3.63) is 30.3 Å². The number of carboxylic acids is 1. The Labute approximate surface area is 154 Å². The lowest BCUT2D eigenvalue weighted by Gasteiger charge is -2.36. The monoisotopic (exact) mass is 361 g/mol. The number of nitrogens with one attached hydrogen (secondary N) is 1. The summed E-state index contributed by atoms with van der Waals surface area (Å²) < 4.78 is 0. The van der Waals surface area contributed by atoms with E-state index in [-0.39, 0.29) is 24.7 Å². The van der Waals surface area contributed by atoms with E-state index >= 15 is 0 Å². The molecule has 1 aliphatic heterocycles. The van der Waals surface area contributed by atoms with Gasteiger partial charge in [-0.25, -0.2) is 4.79 Å². The van der Waals surface area contributed by atoms with Crippen molar-refractivity contribution in [2.45, 2.75) is 38.6 Å². The Morgan fingerprint density at radius 2 is 1.73 bits per heavy atom. The van der Waals surface area contributed by atoms with Crippen molar-refractivity contribution in [2.24, 2.45) is 0 Å². The van der Waals surface area contributed by atoms with E-state index in [0.717, 1.165) is 18.8 Å². The van der Waals surface area contributed by atoms with Gasteiger partial charge in [-0.05, 0) is 18.6 Å². The fraction of sp³-hybridized carbons (Fsp3) is 0.526. The number of piperazine rings is 1. The van der Waals surface area contributed by atoms with E-state index in [0.29, 0.717) is 25.9 Å². The maximum atomic E-state index is 12.3. The van der Waals surface area contributed by atoms with Crippen molar-refractivity contribution < 1.29 is 19.5 Å². The van der Waals surface area contributed by atoms with E-state index in [1.165, 1.54) is 0 Å². The molecule has 26 heavy (non-hydrogen) atoms. The summed E-state index contributed by atoms with van der Waals surface area (Å²) in [6.45, 7) is 4.64. The summed E-state index contributed by atoms with van der Waals surface area (Å²) in [5.74, 6) is -1.49. The van der Waals surface area contributed by atoms with Crippen LogP contribution in [0.2, 0.25) is 0 Å². The number of carboxylic acid groups (broad SMARTS) is 1. The van der Waals surface area contributed by atoms with Gasteiger partial charge in [0.25, 0.3) is 0 Å². The van der Waals surface area contributed by atoms with Crippen molar-refractivity contribution in [3.63, 3.8) is 0 Å². The summed E-state index contributed by atoms with van der Waals surface area (Å²) in [6.07, 6.45) is 1.18. The van der Waals surface area contributed by atoms with Crippen LogP contribution in [0.4, 0.5) is 5.69 Å². The summed E-state index contributed by atoms with van der Waals surface area (Å²) in [5.41, 5.74) is 1.15. The number of hydrogen-bond acceptors (Lipinski definition) is 4. The molecule has 1 saturated heterocycles. The van der Waals surface area contributed by atoms with Crippen LogP contribution in [0, 0.1) is 0 Å². The zero-order valence-electron chi connectivity index (χ0n) is 15.2. The van der Waals surface area contributed by atoms with Crippen LogP contribution in [0.25, 0.3) is 0 Å². The topological polar surface area (TPSA) is 90.0 Å². The molecule has 142 valence electrons. The lowest BCUT2D eigenvalue weighted by molar-refractivity contribution is -0.142. The van der Waals surface area contributed by atoms with Crippen molar-refractivity contribution in [1.29, 1.82) is 0 Å². The number of aliphatic carboxylic acids is 1. The van der Waals surface area contributed by atoms with E-state index in [9.17, 15) is 14.4 Å². The highest BCUT2D eigenvalue weighted by atomic mass is 16.4. The first-order valence-corrected chi connectivity index (χ1v) is 9.11. The van der Waals surface area contributed by atoms with Gasteiger partial charge in [-0.1, -0.05) is 31.5 Å². The minimum absolute atomic E-state index is 0.0191. The second-order valence-corrected chi connectivity index (χ2v) is 6.45. The van der Waals surface area contributed by atoms with Gasteiger partial charge < -0.3 is 20.2 Å². The van der Waals surface area contributed by atoms with Crippen LogP contribution in [0.3, 0.4) is 0 Å². The summed E-state index contributed by atoms with van der Waals surface area (Å²) in [4.78, 5) is 39.3. The molecule has 1 atom stereocenters. The molecule has 7 heteroatoms. The molecule has 1 fully saturated rings. The molecule has 1 aromatic rings. The molecule has 0 saturated carbocycles. The number of hydrogen-bond donors (Lipinski definition) is 2. The Balaban J connectivity index is 1.73. The van der Waals surface area contributed by atoms with E-state index in [1.807, 2.05) is 25.1 Å². The molecule has 2 rings (SSSR count). The molecule has 0 radical (unpaired) electrons. The van der Waals surface area contributed by atoms with Gasteiger partial charge in [0.15, 0.2) is 0 Å². The second kappa shape index (κ2) is 9.79. The molecule has 1 heterocycles. The predicted octanol–water partition coefficient (Wildman–Crippen LogP) is 1.48. The first-order valence-electron chi connectivity index (χ1n) is 9.11. The highest BCUT2D eigenvalue weighted by Crippen LogP contribution is 2.16. The smallest absolute Gasteiger partial charge is 0.326 e.